The first-order chi connectivity index (χ1) is 12.3. The zero-order chi connectivity index (χ0) is 17.1. The van der Waals surface area contributed by atoms with Crippen LogP contribution in [0.3, 0.4) is 0 Å². The smallest absolute Gasteiger partial charge is 0.0716 e. The van der Waals surface area contributed by atoms with Crippen LogP contribution in [-0.4, -0.2) is 9.97 Å². The fourth-order valence-corrected chi connectivity index (χ4v) is 2.86. The Hall–Kier alpha value is -2.97. The predicted molar refractivity (Wildman–Crippen MR) is 103 cm³/mol. The normalized spacial score (nSPS) is 10.6. The molecule has 0 saturated heterocycles. The Balaban J connectivity index is 1.90. The van der Waals surface area contributed by atoms with Gasteiger partial charge in [0.2, 0.25) is 0 Å². The highest BCUT2D eigenvalue weighted by Crippen LogP contribution is 2.29. The molecular weight excluding hydrogens is 328 g/mol. The fourth-order valence-electron chi connectivity index (χ4n) is 2.74. The molecule has 0 spiro atoms. The first-order valence-corrected chi connectivity index (χ1v) is 8.42. The van der Waals surface area contributed by atoms with Gasteiger partial charge < -0.3 is 0 Å². The van der Waals surface area contributed by atoms with Crippen molar-refractivity contribution in [2.75, 3.05) is 0 Å². The molecule has 0 saturated carbocycles. The van der Waals surface area contributed by atoms with E-state index in [2.05, 4.69) is 29.2 Å². The second-order valence-corrected chi connectivity index (χ2v) is 6.15. The van der Waals surface area contributed by atoms with E-state index < -0.39 is 0 Å². The number of pyridine rings is 2. The van der Waals surface area contributed by atoms with Gasteiger partial charge in [0, 0.05) is 27.9 Å². The third-order valence-corrected chi connectivity index (χ3v) is 4.25. The second kappa shape index (κ2) is 6.88. The summed E-state index contributed by atoms with van der Waals surface area (Å²) in [6.07, 6.45) is 1.81. The summed E-state index contributed by atoms with van der Waals surface area (Å²) in [5, 5.41) is 0.716. The molecule has 0 amide bonds. The topological polar surface area (TPSA) is 25.8 Å². The van der Waals surface area contributed by atoms with Gasteiger partial charge in [0.25, 0.3) is 0 Å². The molecule has 2 aromatic heterocycles. The van der Waals surface area contributed by atoms with Crippen molar-refractivity contribution in [1.82, 2.24) is 9.97 Å². The van der Waals surface area contributed by atoms with Gasteiger partial charge in [-0.1, -0.05) is 60.1 Å². The van der Waals surface area contributed by atoms with Gasteiger partial charge in [-0.3, -0.25) is 4.98 Å². The second-order valence-electron chi connectivity index (χ2n) is 5.71. The van der Waals surface area contributed by atoms with Gasteiger partial charge in [-0.05, 0) is 36.4 Å². The molecule has 0 unspecified atom stereocenters. The summed E-state index contributed by atoms with van der Waals surface area (Å²) in [4.78, 5) is 9.34. The van der Waals surface area contributed by atoms with Crippen LogP contribution in [0.25, 0.3) is 33.8 Å². The van der Waals surface area contributed by atoms with Crippen LogP contribution in [0.2, 0.25) is 5.02 Å². The maximum Gasteiger partial charge on any atom is 0.0716 e. The molecule has 0 aliphatic carbocycles. The molecule has 3 heteroatoms. The molecule has 2 heterocycles. The Morgan fingerprint density at radius 2 is 1.20 bits per heavy atom. The van der Waals surface area contributed by atoms with E-state index in [4.69, 9.17) is 16.6 Å². The van der Waals surface area contributed by atoms with Gasteiger partial charge in [-0.25, -0.2) is 4.98 Å². The molecular formula is C22H15ClN2. The van der Waals surface area contributed by atoms with Gasteiger partial charge in [-0.15, -0.1) is 0 Å². The Morgan fingerprint density at radius 1 is 0.560 bits per heavy atom. The van der Waals surface area contributed by atoms with E-state index >= 15 is 0 Å². The number of aromatic nitrogens is 2. The quantitative estimate of drug-likeness (QED) is 0.447. The minimum absolute atomic E-state index is 0.716. The summed E-state index contributed by atoms with van der Waals surface area (Å²) < 4.78 is 0. The van der Waals surface area contributed by atoms with Crippen molar-refractivity contribution in [1.29, 1.82) is 0 Å². The average molecular weight is 343 g/mol. The van der Waals surface area contributed by atoms with Crippen molar-refractivity contribution in [3.63, 3.8) is 0 Å². The molecule has 0 aliphatic heterocycles. The standard InChI is InChI=1S/C22H15ClN2/c23-19-11-9-17(10-12-19)22-15-18(20-8-4-5-13-24-20)14-21(25-22)16-6-2-1-3-7-16/h1-15H. The van der Waals surface area contributed by atoms with Gasteiger partial charge in [0.15, 0.2) is 0 Å². The van der Waals surface area contributed by atoms with Crippen LogP contribution in [0.15, 0.2) is 91.1 Å². The molecule has 25 heavy (non-hydrogen) atoms. The molecule has 4 aromatic rings. The van der Waals surface area contributed by atoms with Crippen molar-refractivity contribution in [2.45, 2.75) is 0 Å². The zero-order valence-electron chi connectivity index (χ0n) is 13.4. The lowest BCUT2D eigenvalue weighted by Crippen LogP contribution is -1.92. The van der Waals surface area contributed by atoms with Crippen LogP contribution in [0.4, 0.5) is 0 Å². The predicted octanol–water partition coefficient (Wildman–Crippen LogP) is 6.13. The Kier molecular flexibility index (Phi) is 4.28. The SMILES string of the molecule is Clc1ccc(-c2cc(-c3ccccn3)cc(-c3ccccc3)n2)cc1. The number of hydrogen-bond acceptors (Lipinski definition) is 2. The van der Waals surface area contributed by atoms with Crippen LogP contribution in [0.5, 0.6) is 0 Å². The van der Waals surface area contributed by atoms with E-state index in [-0.39, 0.29) is 0 Å². The summed E-state index contributed by atoms with van der Waals surface area (Å²) >= 11 is 6.02. The van der Waals surface area contributed by atoms with Crippen molar-refractivity contribution < 1.29 is 0 Å². The van der Waals surface area contributed by atoms with Crippen LogP contribution >= 0.6 is 11.6 Å². The van der Waals surface area contributed by atoms with E-state index in [0.717, 1.165) is 33.8 Å². The molecule has 0 radical (unpaired) electrons. The summed E-state index contributed by atoms with van der Waals surface area (Å²) in [5.41, 5.74) is 5.90. The first kappa shape index (κ1) is 15.6. The maximum atomic E-state index is 6.02. The fraction of sp³-hybridized carbons (Fsp3) is 0. The van der Waals surface area contributed by atoms with Crippen LogP contribution in [0.1, 0.15) is 0 Å². The van der Waals surface area contributed by atoms with Gasteiger partial charge in [0.05, 0.1) is 17.1 Å². The molecule has 0 N–H and O–H groups in total. The first-order valence-electron chi connectivity index (χ1n) is 8.04. The van der Waals surface area contributed by atoms with Crippen molar-refractivity contribution in [3.8, 4) is 33.8 Å². The van der Waals surface area contributed by atoms with Gasteiger partial charge >= 0.3 is 0 Å². The minimum Gasteiger partial charge on any atom is -0.256 e. The van der Waals surface area contributed by atoms with Crippen molar-refractivity contribution >= 4 is 11.6 Å². The number of benzene rings is 2. The van der Waals surface area contributed by atoms with E-state index in [9.17, 15) is 0 Å². The molecule has 0 atom stereocenters. The molecule has 120 valence electrons. The zero-order valence-corrected chi connectivity index (χ0v) is 14.2. The number of hydrogen-bond donors (Lipinski definition) is 0. The van der Waals surface area contributed by atoms with Crippen LogP contribution in [-0.2, 0) is 0 Å². The summed E-state index contributed by atoms with van der Waals surface area (Å²) in [5.74, 6) is 0. The van der Waals surface area contributed by atoms with Crippen LogP contribution < -0.4 is 0 Å². The van der Waals surface area contributed by atoms with Crippen LogP contribution in [0, 0.1) is 0 Å². The molecule has 0 aliphatic rings. The highest BCUT2D eigenvalue weighted by Gasteiger charge is 2.09. The van der Waals surface area contributed by atoms with E-state index in [1.807, 2.05) is 60.7 Å². The molecule has 2 aromatic carbocycles. The van der Waals surface area contributed by atoms with Gasteiger partial charge in [0.1, 0.15) is 0 Å². The summed E-state index contributed by atoms with van der Waals surface area (Å²) in [7, 11) is 0. The number of halogens is 1. The monoisotopic (exact) mass is 342 g/mol. The maximum absolute atomic E-state index is 6.02. The van der Waals surface area contributed by atoms with Gasteiger partial charge in [-0.2, -0.15) is 0 Å². The molecule has 4 rings (SSSR count). The van der Waals surface area contributed by atoms with Crippen molar-refractivity contribution in [2.24, 2.45) is 0 Å². The third kappa shape index (κ3) is 3.44. The minimum atomic E-state index is 0.716. The molecule has 0 fully saturated rings. The lowest BCUT2D eigenvalue weighted by Gasteiger charge is -2.10. The molecule has 0 bridgehead atoms. The van der Waals surface area contributed by atoms with Crippen molar-refractivity contribution in [3.05, 3.63) is 96.1 Å². The lowest BCUT2D eigenvalue weighted by molar-refractivity contribution is 1.29. The summed E-state index contributed by atoms with van der Waals surface area (Å²) in [6, 6.07) is 28.0. The number of nitrogens with zero attached hydrogens (tertiary/aromatic N) is 2. The largest absolute Gasteiger partial charge is 0.256 e. The lowest BCUT2D eigenvalue weighted by atomic mass is 10.0. The summed E-state index contributed by atoms with van der Waals surface area (Å²) in [6.45, 7) is 0. The highest BCUT2D eigenvalue weighted by atomic mass is 35.5. The average Bonchev–Trinajstić information content (AvgIpc) is 2.69. The molecule has 2 nitrogen and oxygen atoms in total. The van der Waals surface area contributed by atoms with E-state index in [1.165, 1.54) is 0 Å². The highest BCUT2D eigenvalue weighted by molar-refractivity contribution is 6.30. The number of rotatable bonds is 3. The third-order valence-electron chi connectivity index (χ3n) is 4.00. The van der Waals surface area contributed by atoms with E-state index in [1.54, 1.807) is 6.20 Å². The Morgan fingerprint density at radius 3 is 1.84 bits per heavy atom. The van der Waals surface area contributed by atoms with E-state index in [0.29, 0.717) is 5.02 Å². The Bertz CT molecular complexity index is 924. The Labute approximate surface area is 151 Å².